The van der Waals surface area contributed by atoms with Crippen molar-refractivity contribution in [3.8, 4) is 0 Å². The van der Waals surface area contributed by atoms with E-state index in [4.69, 9.17) is 17.3 Å². The highest BCUT2D eigenvalue weighted by atomic mass is 35.5. The number of thiophene rings is 1. The molecule has 0 saturated heterocycles. The Hall–Kier alpha value is -0.0500. The van der Waals surface area contributed by atoms with Crippen molar-refractivity contribution in [2.24, 2.45) is 11.1 Å². The smallest absolute Gasteiger partial charge is 0.0931 e. The Morgan fingerprint density at radius 3 is 2.67 bits per heavy atom. The van der Waals surface area contributed by atoms with Crippen molar-refractivity contribution in [1.82, 2.24) is 0 Å². The Kier molecular flexibility index (Phi) is 1.94. The summed E-state index contributed by atoms with van der Waals surface area (Å²) in [6.45, 7) is 2.24. The van der Waals surface area contributed by atoms with Crippen molar-refractivity contribution < 1.29 is 0 Å². The van der Waals surface area contributed by atoms with Gasteiger partial charge in [0.25, 0.3) is 0 Å². The van der Waals surface area contributed by atoms with E-state index in [1.807, 2.05) is 12.1 Å². The zero-order chi connectivity index (χ0) is 8.77. The molecule has 1 heterocycles. The van der Waals surface area contributed by atoms with Crippen LogP contribution in [0.1, 0.15) is 30.7 Å². The van der Waals surface area contributed by atoms with Crippen LogP contribution in [0.4, 0.5) is 0 Å². The second kappa shape index (κ2) is 2.72. The average Bonchev–Trinajstić information content (AvgIpc) is 2.62. The molecule has 1 saturated carbocycles. The lowest BCUT2D eigenvalue weighted by molar-refractivity contribution is 0.457. The van der Waals surface area contributed by atoms with E-state index in [0.29, 0.717) is 5.41 Å². The van der Waals surface area contributed by atoms with E-state index in [9.17, 15) is 0 Å². The van der Waals surface area contributed by atoms with Crippen LogP contribution >= 0.6 is 22.9 Å². The fourth-order valence-corrected chi connectivity index (χ4v) is 2.59. The van der Waals surface area contributed by atoms with Gasteiger partial charge in [0.1, 0.15) is 0 Å². The van der Waals surface area contributed by atoms with Crippen molar-refractivity contribution in [2.45, 2.75) is 25.8 Å². The van der Waals surface area contributed by atoms with Crippen LogP contribution in [0.2, 0.25) is 4.34 Å². The van der Waals surface area contributed by atoms with Crippen molar-refractivity contribution >= 4 is 22.9 Å². The fourth-order valence-electron chi connectivity index (χ4n) is 1.35. The molecule has 1 unspecified atom stereocenters. The van der Waals surface area contributed by atoms with Crippen molar-refractivity contribution in [1.29, 1.82) is 0 Å². The highest BCUT2D eigenvalue weighted by Gasteiger charge is 2.44. The van der Waals surface area contributed by atoms with Gasteiger partial charge in [0.2, 0.25) is 0 Å². The van der Waals surface area contributed by atoms with Crippen LogP contribution in [0.5, 0.6) is 0 Å². The summed E-state index contributed by atoms with van der Waals surface area (Å²) in [5.41, 5.74) is 6.45. The molecule has 1 nitrogen and oxygen atoms in total. The minimum absolute atomic E-state index is 0.190. The maximum Gasteiger partial charge on any atom is 0.0931 e. The third-order valence-electron chi connectivity index (χ3n) is 2.69. The van der Waals surface area contributed by atoms with E-state index in [1.54, 1.807) is 11.3 Å². The monoisotopic (exact) mass is 201 g/mol. The summed E-state index contributed by atoms with van der Waals surface area (Å²) < 4.78 is 0.838. The van der Waals surface area contributed by atoms with Gasteiger partial charge in [0.05, 0.1) is 4.34 Å². The molecule has 1 aromatic heterocycles. The summed E-state index contributed by atoms with van der Waals surface area (Å²) in [5, 5.41) is 0. The number of rotatable bonds is 2. The number of nitrogens with two attached hydrogens (primary N) is 1. The summed E-state index contributed by atoms with van der Waals surface area (Å²) >= 11 is 7.44. The van der Waals surface area contributed by atoms with Crippen LogP contribution in [-0.4, -0.2) is 0 Å². The molecule has 1 aliphatic rings. The normalized spacial score (nSPS) is 22.2. The second-order valence-corrected chi connectivity index (χ2v) is 5.52. The number of hydrogen-bond acceptors (Lipinski definition) is 2. The standard InChI is InChI=1S/C9H12ClNS/c1-9(4-5-9)8(11)6-2-3-7(10)12-6/h2-3,8H,4-5,11H2,1H3. The molecule has 0 radical (unpaired) electrons. The Labute approximate surface area is 81.5 Å². The predicted octanol–water partition coefficient (Wildman–Crippen LogP) is 3.20. The quantitative estimate of drug-likeness (QED) is 0.782. The molecule has 2 N–H and O–H groups in total. The summed E-state index contributed by atoms with van der Waals surface area (Å²) in [4.78, 5) is 1.22. The van der Waals surface area contributed by atoms with E-state index in [2.05, 4.69) is 6.92 Å². The molecule has 0 bridgehead atoms. The van der Waals surface area contributed by atoms with Gasteiger partial charge in [0.15, 0.2) is 0 Å². The average molecular weight is 202 g/mol. The molecule has 66 valence electrons. The Balaban J connectivity index is 2.19. The van der Waals surface area contributed by atoms with Gasteiger partial charge < -0.3 is 5.73 Å². The summed E-state index contributed by atoms with van der Waals surface area (Å²) in [6.07, 6.45) is 2.51. The lowest BCUT2D eigenvalue weighted by Gasteiger charge is -2.16. The maximum atomic E-state index is 6.10. The third kappa shape index (κ3) is 1.39. The first-order chi connectivity index (χ1) is 5.62. The van der Waals surface area contributed by atoms with E-state index in [0.717, 1.165) is 4.34 Å². The Morgan fingerprint density at radius 1 is 1.58 bits per heavy atom. The third-order valence-corrected chi connectivity index (χ3v) is 4.00. The van der Waals surface area contributed by atoms with Gasteiger partial charge in [-0.3, -0.25) is 0 Å². The summed E-state index contributed by atoms with van der Waals surface area (Å²) in [7, 11) is 0. The van der Waals surface area contributed by atoms with E-state index < -0.39 is 0 Å². The lowest BCUT2D eigenvalue weighted by atomic mass is 9.99. The first kappa shape index (κ1) is 8.54. The molecular weight excluding hydrogens is 190 g/mol. The van der Waals surface area contributed by atoms with Gasteiger partial charge in [-0.25, -0.2) is 0 Å². The summed E-state index contributed by atoms with van der Waals surface area (Å²) in [5.74, 6) is 0. The van der Waals surface area contributed by atoms with Crippen LogP contribution in [-0.2, 0) is 0 Å². The zero-order valence-corrected chi connectivity index (χ0v) is 8.58. The molecular formula is C9H12ClNS. The van der Waals surface area contributed by atoms with Gasteiger partial charge >= 0.3 is 0 Å². The van der Waals surface area contributed by atoms with Gasteiger partial charge in [-0.2, -0.15) is 0 Å². The molecule has 12 heavy (non-hydrogen) atoms. The van der Waals surface area contributed by atoms with E-state index >= 15 is 0 Å². The molecule has 1 aliphatic carbocycles. The molecule has 1 fully saturated rings. The Morgan fingerprint density at radius 2 is 2.25 bits per heavy atom. The highest BCUT2D eigenvalue weighted by molar-refractivity contribution is 7.16. The maximum absolute atomic E-state index is 6.10. The zero-order valence-electron chi connectivity index (χ0n) is 7.01. The fraction of sp³-hybridized carbons (Fsp3) is 0.556. The van der Waals surface area contributed by atoms with Gasteiger partial charge in [-0.05, 0) is 30.4 Å². The van der Waals surface area contributed by atoms with Crippen LogP contribution in [0.15, 0.2) is 12.1 Å². The first-order valence-electron chi connectivity index (χ1n) is 4.13. The van der Waals surface area contributed by atoms with Gasteiger partial charge in [-0.1, -0.05) is 18.5 Å². The minimum Gasteiger partial charge on any atom is -0.323 e. The van der Waals surface area contributed by atoms with Crippen LogP contribution in [0.25, 0.3) is 0 Å². The van der Waals surface area contributed by atoms with Crippen LogP contribution < -0.4 is 5.73 Å². The van der Waals surface area contributed by atoms with Crippen molar-refractivity contribution in [3.05, 3.63) is 21.3 Å². The van der Waals surface area contributed by atoms with E-state index in [1.165, 1.54) is 17.7 Å². The molecule has 1 atom stereocenters. The number of hydrogen-bond donors (Lipinski definition) is 1. The molecule has 1 aromatic rings. The van der Waals surface area contributed by atoms with Gasteiger partial charge in [0, 0.05) is 10.9 Å². The molecule has 3 heteroatoms. The highest BCUT2D eigenvalue weighted by Crippen LogP contribution is 2.54. The van der Waals surface area contributed by atoms with E-state index in [-0.39, 0.29) is 6.04 Å². The minimum atomic E-state index is 0.190. The Bertz CT molecular complexity index is 290. The molecule has 0 aromatic carbocycles. The van der Waals surface area contributed by atoms with Crippen molar-refractivity contribution in [2.75, 3.05) is 0 Å². The SMILES string of the molecule is CC1(C(N)c2ccc(Cl)s2)CC1. The summed E-state index contributed by atoms with van der Waals surface area (Å²) in [6, 6.07) is 4.16. The topological polar surface area (TPSA) is 26.0 Å². The predicted molar refractivity (Wildman–Crippen MR) is 53.6 cm³/mol. The molecule has 2 rings (SSSR count). The second-order valence-electron chi connectivity index (χ2n) is 3.77. The first-order valence-corrected chi connectivity index (χ1v) is 5.32. The molecule has 0 aliphatic heterocycles. The van der Waals surface area contributed by atoms with Crippen LogP contribution in [0.3, 0.4) is 0 Å². The van der Waals surface area contributed by atoms with Crippen molar-refractivity contribution in [3.63, 3.8) is 0 Å². The number of halogens is 1. The molecule has 0 amide bonds. The van der Waals surface area contributed by atoms with Gasteiger partial charge in [-0.15, -0.1) is 11.3 Å². The lowest BCUT2D eigenvalue weighted by Crippen LogP contribution is -2.18. The molecule has 0 spiro atoms. The largest absolute Gasteiger partial charge is 0.323 e. The van der Waals surface area contributed by atoms with Crippen LogP contribution in [0, 0.1) is 5.41 Å².